The second kappa shape index (κ2) is 5.49. The molecule has 2 aromatic rings. The summed E-state index contributed by atoms with van der Waals surface area (Å²) in [6, 6.07) is 10.8. The molecule has 0 fully saturated rings. The van der Waals surface area contributed by atoms with Crippen molar-refractivity contribution in [2.75, 3.05) is 6.61 Å². The maximum absolute atomic E-state index is 10.9. The molecule has 18 heavy (non-hydrogen) atoms. The van der Waals surface area contributed by atoms with Crippen molar-refractivity contribution in [1.29, 1.82) is 0 Å². The molecule has 94 valence electrons. The van der Waals surface area contributed by atoms with Crippen LogP contribution in [-0.2, 0) is 0 Å². The number of hydrogen-bond donors (Lipinski definition) is 1. The number of aromatic nitrogens is 2. The third-order valence-corrected chi connectivity index (χ3v) is 2.41. The Morgan fingerprint density at radius 3 is 2.44 bits per heavy atom. The second-order valence-corrected chi connectivity index (χ2v) is 4.54. The van der Waals surface area contributed by atoms with Gasteiger partial charge in [0, 0.05) is 11.6 Å². The molecule has 0 saturated heterocycles. The van der Waals surface area contributed by atoms with Gasteiger partial charge in [-0.3, -0.25) is 4.79 Å². The van der Waals surface area contributed by atoms with Gasteiger partial charge in [0.05, 0.1) is 12.3 Å². The Labute approximate surface area is 106 Å². The second-order valence-electron chi connectivity index (χ2n) is 4.54. The monoisotopic (exact) mass is 244 g/mol. The standard InChI is InChI=1S/C14H16N2O2/c1-10(2)9-18-12-5-3-11(4-6-12)13-7-8-14(17)16-15-13/h3-8,10H,9H2,1-2H3,(H,16,17). The largest absolute Gasteiger partial charge is 0.493 e. The molecular formula is C14H16N2O2. The minimum Gasteiger partial charge on any atom is -0.493 e. The van der Waals surface area contributed by atoms with Gasteiger partial charge in [-0.1, -0.05) is 13.8 Å². The molecule has 4 nitrogen and oxygen atoms in total. The van der Waals surface area contributed by atoms with Crippen molar-refractivity contribution in [2.24, 2.45) is 5.92 Å². The highest BCUT2D eigenvalue weighted by Gasteiger charge is 2.01. The van der Waals surface area contributed by atoms with E-state index in [0.29, 0.717) is 12.5 Å². The highest BCUT2D eigenvalue weighted by atomic mass is 16.5. The molecule has 0 bridgehead atoms. The van der Waals surface area contributed by atoms with Crippen LogP contribution >= 0.6 is 0 Å². The van der Waals surface area contributed by atoms with Crippen molar-refractivity contribution in [3.8, 4) is 17.0 Å². The van der Waals surface area contributed by atoms with E-state index in [1.54, 1.807) is 6.07 Å². The lowest BCUT2D eigenvalue weighted by Crippen LogP contribution is -2.05. The van der Waals surface area contributed by atoms with E-state index < -0.39 is 0 Å². The minimum atomic E-state index is -0.198. The van der Waals surface area contributed by atoms with Crippen LogP contribution in [0.2, 0.25) is 0 Å². The molecule has 4 heteroatoms. The average Bonchev–Trinajstić information content (AvgIpc) is 2.38. The summed E-state index contributed by atoms with van der Waals surface area (Å²) >= 11 is 0. The third kappa shape index (κ3) is 3.20. The van der Waals surface area contributed by atoms with E-state index in [-0.39, 0.29) is 5.56 Å². The molecule has 0 radical (unpaired) electrons. The lowest BCUT2D eigenvalue weighted by atomic mass is 10.1. The van der Waals surface area contributed by atoms with E-state index in [4.69, 9.17) is 4.74 Å². The topological polar surface area (TPSA) is 55.0 Å². The molecule has 0 amide bonds. The van der Waals surface area contributed by atoms with Crippen LogP contribution in [0.5, 0.6) is 5.75 Å². The summed E-state index contributed by atoms with van der Waals surface area (Å²) in [5.41, 5.74) is 1.49. The number of benzene rings is 1. The molecule has 0 unspecified atom stereocenters. The predicted molar refractivity (Wildman–Crippen MR) is 70.6 cm³/mol. The first kappa shape index (κ1) is 12.4. The molecule has 1 heterocycles. The van der Waals surface area contributed by atoms with Crippen molar-refractivity contribution in [3.63, 3.8) is 0 Å². The van der Waals surface area contributed by atoms with Crippen LogP contribution < -0.4 is 10.3 Å². The lowest BCUT2D eigenvalue weighted by Gasteiger charge is -2.08. The summed E-state index contributed by atoms with van der Waals surface area (Å²) in [5, 5.41) is 6.39. The van der Waals surface area contributed by atoms with Crippen LogP contribution in [0.25, 0.3) is 11.3 Å². The van der Waals surface area contributed by atoms with Gasteiger partial charge < -0.3 is 4.74 Å². The van der Waals surface area contributed by atoms with Gasteiger partial charge in [0.15, 0.2) is 0 Å². The summed E-state index contributed by atoms with van der Waals surface area (Å²) < 4.78 is 5.60. The first-order valence-electron chi connectivity index (χ1n) is 5.94. The Kier molecular flexibility index (Phi) is 3.77. The van der Waals surface area contributed by atoms with Gasteiger partial charge in [0.2, 0.25) is 0 Å². The van der Waals surface area contributed by atoms with E-state index in [0.717, 1.165) is 17.0 Å². The Hall–Kier alpha value is -2.10. The number of rotatable bonds is 4. The van der Waals surface area contributed by atoms with E-state index in [2.05, 4.69) is 24.0 Å². The van der Waals surface area contributed by atoms with E-state index in [9.17, 15) is 4.79 Å². The molecule has 2 rings (SSSR count). The minimum absolute atomic E-state index is 0.198. The molecule has 0 saturated carbocycles. The molecule has 0 aliphatic carbocycles. The summed E-state index contributed by atoms with van der Waals surface area (Å²) in [5.74, 6) is 1.35. The fourth-order valence-electron chi connectivity index (χ4n) is 1.49. The highest BCUT2D eigenvalue weighted by molar-refractivity contribution is 5.59. The summed E-state index contributed by atoms with van der Waals surface area (Å²) in [6.07, 6.45) is 0. The maximum atomic E-state index is 10.9. The van der Waals surface area contributed by atoms with Crippen molar-refractivity contribution in [1.82, 2.24) is 10.2 Å². The maximum Gasteiger partial charge on any atom is 0.264 e. The van der Waals surface area contributed by atoms with Gasteiger partial charge in [-0.05, 0) is 36.2 Å². The van der Waals surface area contributed by atoms with Crippen LogP contribution in [-0.4, -0.2) is 16.8 Å². The smallest absolute Gasteiger partial charge is 0.264 e. The summed E-state index contributed by atoms with van der Waals surface area (Å²) in [7, 11) is 0. The number of H-pyrrole nitrogens is 1. The number of ether oxygens (including phenoxy) is 1. The Bertz CT molecular complexity index is 538. The zero-order chi connectivity index (χ0) is 13.0. The van der Waals surface area contributed by atoms with Crippen molar-refractivity contribution < 1.29 is 4.74 Å². The van der Waals surface area contributed by atoms with Crippen molar-refractivity contribution in [3.05, 3.63) is 46.8 Å². The summed E-state index contributed by atoms with van der Waals surface area (Å²) in [6.45, 7) is 4.92. The zero-order valence-corrected chi connectivity index (χ0v) is 10.5. The van der Waals surface area contributed by atoms with Gasteiger partial charge in [0.25, 0.3) is 5.56 Å². The number of hydrogen-bond acceptors (Lipinski definition) is 3. The quantitative estimate of drug-likeness (QED) is 0.898. The Balaban J connectivity index is 2.12. The molecule has 0 spiro atoms. The first-order chi connectivity index (χ1) is 8.65. The fourth-order valence-corrected chi connectivity index (χ4v) is 1.49. The first-order valence-corrected chi connectivity index (χ1v) is 5.94. The molecule has 0 atom stereocenters. The molecular weight excluding hydrogens is 228 g/mol. The fraction of sp³-hybridized carbons (Fsp3) is 0.286. The Morgan fingerprint density at radius 2 is 1.89 bits per heavy atom. The van der Waals surface area contributed by atoms with Gasteiger partial charge in [-0.25, -0.2) is 5.10 Å². The molecule has 1 N–H and O–H groups in total. The number of nitrogens with one attached hydrogen (secondary N) is 1. The van der Waals surface area contributed by atoms with Gasteiger partial charge in [-0.15, -0.1) is 0 Å². The number of nitrogens with zero attached hydrogens (tertiary/aromatic N) is 1. The van der Waals surface area contributed by atoms with Gasteiger partial charge in [0.1, 0.15) is 5.75 Å². The summed E-state index contributed by atoms with van der Waals surface area (Å²) in [4.78, 5) is 10.9. The SMILES string of the molecule is CC(C)COc1ccc(-c2ccc(=O)[nH]n2)cc1. The van der Waals surface area contributed by atoms with E-state index >= 15 is 0 Å². The molecule has 0 aliphatic rings. The van der Waals surface area contributed by atoms with Crippen LogP contribution in [0.4, 0.5) is 0 Å². The average molecular weight is 244 g/mol. The molecule has 1 aromatic carbocycles. The van der Waals surface area contributed by atoms with Gasteiger partial charge >= 0.3 is 0 Å². The van der Waals surface area contributed by atoms with Crippen LogP contribution in [0.15, 0.2) is 41.2 Å². The molecule has 0 aliphatic heterocycles. The molecule has 1 aromatic heterocycles. The van der Waals surface area contributed by atoms with Crippen LogP contribution in [0.3, 0.4) is 0 Å². The van der Waals surface area contributed by atoms with Crippen molar-refractivity contribution >= 4 is 0 Å². The van der Waals surface area contributed by atoms with E-state index in [1.807, 2.05) is 24.3 Å². The van der Waals surface area contributed by atoms with E-state index in [1.165, 1.54) is 6.07 Å². The predicted octanol–water partition coefficient (Wildman–Crippen LogP) is 2.47. The van der Waals surface area contributed by atoms with Crippen LogP contribution in [0, 0.1) is 5.92 Å². The third-order valence-electron chi connectivity index (χ3n) is 2.41. The zero-order valence-electron chi connectivity index (χ0n) is 10.5. The van der Waals surface area contributed by atoms with Crippen LogP contribution in [0.1, 0.15) is 13.8 Å². The van der Waals surface area contributed by atoms with Crippen molar-refractivity contribution in [2.45, 2.75) is 13.8 Å². The Morgan fingerprint density at radius 1 is 1.17 bits per heavy atom. The van der Waals surface area contributed by atoms with Gasteiger partial charge in [-0.2, -0.15) is 5.10 Å². The lowest BCUT2D eigenvalue weighted by molar-refractivity contribution is 0.271. The number of aromatic amines is 1. The highest BCUT2D eigenvalue weighted by Crippen LogP contribution is 2.19. The normalized spacial score (nSPS) is 10.6.